The normalized spacial score (nSPS) is 21.0. The average Bonchev–Trinajstić information content (AvgIpc) is 4.08. The Labute approximate surface area is 370 Å². The molecule has 382 valence electrons. The molecule has 3 saturated heterocycles. The van der Waals surface area contributed by atoms with Crippen molar-refractivity contribution in [3.8, 4) is 0 Å². The monoisotopic (exact) mass is 956 g/mol. The van der Waals surface area contributed by atoms with Gasteiger partial charge in [0.15, 0.2) is 12.6 Å². The topological polar surface area (TPSA) is 201 Å². The van der Waals surface area contributed by atoms with Gasteiger partial charge in [-0.25, -0.2) is 9.47 Å². The van der Waals surface area contributed by atoms with Crippen molar-refractivity contribution < 1.29 is 117 Å². The molecule has 3 aliphatic rings. The highest BCUT2D eigenvalue weighted by Gasteiger charge is 2.52. The van der Waals surface area contributed by atoms with E-state index in [1.54, 1.807) is 7.11 Å². The zero-order chi connectivity index (χ0) is 46.8. The van der Waals surface area contributed by atoms with Gasteiger partial charge in [0.1, 0.15) is 51.2 Å². The van der Waals surface area contributed by atoms with Crippen molar-refractivity contribution in [3.63, 3.8) is 0 Å². The highest BCUT2D eigenvalue weighted by Crippen LogP contribution is 2.33. The average molecular weight is 957 g/mol. The molecule has 64 heavy (non-hydrogen) atoms. The van der Waals surface area contributed by atoms with E-state index < -0.39 is 70.4 Å². The predicted octanol–water partition coefficient (Wildman–Crippen LogP) is 3.44. The molecule has 2 N–H and O–H groups in total. The van der Waals surface area contributed by atoms with E-state index in [2.05, 4.69) is 18.9 Å². The van der Waals surface area contributed by atoms with Crippen LogP contribution in [0.25, 0.3) is 0 Å². The maximum atomic E-state index is 13.6. The minimum atomic E-state index is -5.42. The number of aliphatic hydroxyl groups excluding tert-OH is 2. The molecule has 3 aliphatic heterocycles. The van der Waals surface area contributed by atoms with E-state index in [0.29, 0.717) is 59.3 Å². The van der Waals surface area contributed by atoms with Gasteiger partial charge in [-0.15, -0.1) is 8.78 Å². The Hall–Kier alpha value is -1.18. The molecule has 25 heteroatoms. The van der Waals surface area contributed by atoms with Gasteiger partial charge in [0.2, 0.25) is 0 Å². The summed E-state index contributed by atoms with van der Waals surface area (Å²) in [6.07, 6.45) is -9.32. The van der Waals surface area contributed by atoms with Gasteiger partial charge in [0, 0.05) is 40.6 Å². The molecular formula is C39H70F6O19. The molecule has 3 rings (SSSR count). The lowest BCUT2D eigenvalue weighted by Crippen LogP contribution is -2.44. The van der Waals surface area contributed by atoms with Crippen LogP contribution in [0.2, 0.25) is 0 Å². The second-order valence-electron chi connectivity index (χ2n) is 14.5. The summed E-state index contributed by atoms with van der Waals surface area (Å²) in [6.45, 7) is 0.113. The summed E-state index contributed by atoms with van der Waals surface area (Å²) >= 11 is 0. The molecule has 0 spiro atoms. The summed E-state index contributed by atoms with van der Waals surface area (Å²) in [5, 5.41) is 18.3. The fraction of sp³-hybridized carbons (Fsp3) is 1.00. The smallest absolute Gasteiger partial charge is 0.394 e. The number of aliphatic hydroxyl groups is 2. The third-order valence-corrected chi connectivity index (χ3v) is 8.45. The Balaban J connectivity index is 0.000000513. The van der Waals surface area contributed by atoms with E-state index in [4.69, 9.17) is 66.7 Å². The molecular weight excluding hydrogens is 886 g/mol. The number of rotatable bonds is 40. The van der Waals surface area contributed by atoms with Crippen molar-refractivity contribution in [2.24, 2.45) is 0 Å². The van der Waals surface area contributed by atoms with Crippen molar-refractivity contribution in [1.29, 1.82) is 0 Å². The summed E-state index contributed by atoms with van der Waals surface area (Å²) in [6, 6.07) is 0. The molecule has 0 aromatic heterocycles. The standard InChI is InChI=1S/C23H40F6O12.C16H30O7/c1-32-17-39-19(13-33-7-4-9-38-20-5-2-3-8-37-20)14-35-11-18(31)12-36-16-22(26,27)41-23(28,29)40-21(24,25)15-34-10-6-30;1-17-13-23-14(10-19-11-15-12-22-15)9-18-6-4-8-21-16-5-2-3-7-20-16/h18-20,30-31H,2-17H2,1H3;14-16H,2-13H2,1H3. The molecule has 0 radical (unpaired) electrons. The Bertz CT molecular complexity index is 1080. The molecule has 19 nitrogen and oxygen atoms in total. The largest absolute Gasteiger partial charge is 0.495 e. The van der Waals surface area contributed by atoms with Crippen molar-refractivity contribution in [3.05, 3.63) is 0 Å². The number of ether oxygens (including phenoxy) is 17. The minimum absolute atomic E-state index is 0.0282. The van der Waals surface area contributed by atoms with Crippen LogP contribution in [-0.4, -0.2) is 212 Å². The van der Waals surface area contributed by atoms with Gasteiger partial charge < -0.3 is 81.3 Å². The summed E-state index contributed by atoms with van der Waals surface area (Å²) in [4.78, 5) is 0. The lowest BCUT2D eigenvalue weighted by atomic mass is 10.2. The van der Waals surface area contributed by atoms with E-state index in [-0.39, 0.29) is 51.6 Å². The molecule has 0 amide bonds. The molecule has 0 aliphatic carbocycles. The van der Waals surface area contributed by atoms with Gasteiger partial charge in [-0.2, -0.15) is 17.6 Å². The van der Waals surface area contributed by atoms with Gasteiger partial charge in [-0.1, -0.05) is 0 Å². The third-order valence-electron chi connectivity index (χ3n) is 8.45. The fourth-order valence-electron chi connectivity index (χ4n) is 5.36. The summed E-state index contributed by atoms with van der Waals surface area (Å²) in [5.74, 6) is 0. The van der Waals surface area contributed by atoms with Gasteiger partial charge in [-0.3, -0.25) is 0 Å². The van der Waals surface area contributed by atoms with E-state index >= 15 is 0 Å². The third kappa shape index (κ3) is 33.3. The quantitative estimate of drug-likeness (QED) is 0.0391. The van der Waals surface area contributed by atoms with E-state index in [9.17, 15) is 31.4 Å². The number of methoxy groups -OCH3 is 2. The molecule has 6 unspecified atom stereocenters. The molecule has 0 bridgehead atoms. The van der Waals surface area contributed by atoms with E-state index in [0.717, 1.165) is 51.7 Å². The molecule has 0 aromatic rings. The summed E-state index contributed by atoms with van der Waals surface area (Å²) < 4.78 is 165. The molecule has 3 heterocycles. The lowest BCUT2D eigenvalue weighted by Gasteiger charge is -2.26. The first kappa shape index (κ1) is 58.9. The second kappa shape index (κ2) is 35.9. The lowest BCUT2D eigenvalue weighted by molar-refractivity contribution is -0.518. The van der Waals surface area contributed by atoms with Crippen LogP contribution in [0.3, 0.4) is 0 Å². The first-order chi connectivity index (χ1) is 30.8. The van der Waals surface area contributed by atoms with Crippen LogP contribution < -0.4 is 0 Å². The number of epoxide rings is 1. The Morgan fingerprint density at radius 3 is 1.53 bits per heavy atom. The molecule has 6 atom stereocenters. The maximum absolute atomic E-state index is 13.6. The predicted molar refractivity (Wildman–Crippen MR) is 207 cm³/mol. The van der Waals surface area contributed by atoms with Crippen molar-refractivity contribution in [1.82, 2.24) is 0 Å². The maximum Gasteiger partial charge on any atom is 0.495 e. The Morgan fingerprint density at radius 2 is 1.06 bits per heavy atom. The van der Waals surface area contributed by atoms with Gasteiger partial charge in [0.05, 0.1) is 79.3 Å². The van der Waals surface area contributed by atoms with Crippen LogP contribution in [0.5, 0.6) is 0 Å². The van der Waals surface area contributed by atoms with Crippen molar-refractivity contribution in [2.45, 2.75) is 107 Å². The van der Waals surface area contributed by atoms with Crippen molar-refractivity contribution in [2.75, 3.05) is 147 Å². The van der Waals surface area contributed by atoms with E-state index in [1.807, 2.05) is 0 Å². The zero-order valence-corrected chi connectivity index (χ0v) is 36.9. The van der Waals surface area contributed by atoms with Crippen LogP contribution in [0.15, 0.2) is 0 Å². The molecule has 0 saturated carbocycles. The van der Waals surface area contributed by atoms with Gasteiger partial charge >= 0.3 is 18.5 Å². The Kier molecular flexibility index (Phi) is 33.1. The zero-order valence-electron chi connectivity index (χ0n) is 36.9. The molecule has 0 aromatic carbocycles. The van der Waals surface area contributed by atoms with Gasteiger partial charge in [0.25, 0.3) is 0 Å². The first-order valence-electron chi connectivity index (χ1n) is 21.3. The van der Waals surface area contributed by atoms with Crippen LogP contribution in [0, 0.1) is 0 Å². The Morgan fingerprint density at radius 1 is 0.578 bits per heavy atom. The van der Waals surface area contributed by atoms with Crippen LogP contribution in [-0.2, 0) is 80.5 Å². The molecule has 3 fully saturated rings. The van der Waals surface area contributed by atoms with E-state index in [1.165, 1.54) is 13.5 Å². The first-order valence-corrected chi connectivity index (χ1v) is 21.3. The van der Waals surface area contributed by atoms with Gasteiger partial charge in [-0.05, 0) is 51.4 Å². The highest BCUT2D eigenvalue weighted by atomic mass is 19.3. The van der Waals surface area contributed by atoms with Crippen LogP contribution >= 0.6 is 0 Å². The fourth-order valence-corrected chi connectivity index (χ4v) is 5.36. The minimum Gasteiger partial charge on any atom is -0.394 e. The number of hydrogen-bond acceptors (Lipinski definition) is 19. The summed E-state index contributed by atoms with van der Waals surface area (Å²) in [5.41, 5.74) is 0. The number of alkyl halides is 6. The SMILES string of the molecule is COCOC(COCCCOC1CCCCO1)COCC(O)COCC(F)(F)OC(F)(F)OC(F)(F)COCCO.COCOC(COCCCOC1CCCCO1)COCC1CO1. The van der Waals surface area contributed by atoms with Crippen LogP contribution in [0.4, 0.5) is 26.3 Å². The summed E-state index contributed by atoms with van der Waals surface area (Å²) in [7, 11) is 3.01. The van der Waals surface area contributed by atoms with Crippen molar-refractivity contribution >= 4 is 0 Å². The number of halogens is 6. The highest BCUT2D eigenvalue weighted by molar-refractivity contribution is 4.68. The second-order valence-corrected chi connectivity index (χ2v) is 14.5. The number of hydrogen-bond donors (Lipinski definition) is 2. The van der Waals surface area contributed by atoms with Crippen LogP contribution in [0.1, 0.15) is 51.4 Å².